The van der Waals surface area contributed by atoms with Crippen LogP contribution >= 0.6 is 0 Å². The van der Waals surface area contributed by atoms with Crippen molar-refractivity contribution >= 4 is 22.3 Å². The van der Waals surface area contributed by atoms with Gasteiger partial charge in [-0.3, -0.25) is 14.0 Å². The van der Waals surface area contributed by atoms with E-state index >= 15 is 0 Å². The molecule has 0 bridgehead atoms. The molecule has 1 aromatic carbocycles. The number of nitrogens with one attached hydrogen (secondary N) is 1. The number of hydrogen-bond acceptors (Lipinski definition) is 5. The molecule has 3 aromatic rings. The molecule has 0 saturated heterocycles. The summed E-state index contributed by atoms with van der Waals surface area (Å²) in [4.78, 5) is 17.9. The lowest BCUT2D eigenvalue weighted by atomic mass is 10.0. The largest absolute Gasteiger partial charge is 0.598 e. The van der Waals surface area contributed by atoms with Crippen LogP contribution in [-0.2, 0) is 25.5 Å². The van der Waals surface area contributed by atoms with Crippen molar-refractivity contribution in [3.8, 4) is 11.4 Å². The molecule has 0 amide bonds. The summed E-state index contributed by atoms with van der Waals surface area (Å²) in [5.74, 6) is 0.555. The van der Waals surface area contributed by atoms with Gasteiger partial charge in [-0.2, -0.15) is 5.10 Å². The Morgan fingerprint density at radius 3 is 2.50 bits per heavy atom. The molecule has 150 valence electrons. The summed E-state index contributed by atoms with van der Waals surface area (Å²) in [5, 5.41) is 4.75. The van der Waals surface area contributed by atoms with Gasteiger partial charge in [0.1, 0.15) is 10.6 Å². The van der Waals surface area contributed by atoms with E-state index in [0.717, 1.165) is 16.7 Å². The fourth-order valence-corrected chi connectivity index (χ4v) is 3.88. The molecular formula is C20H27N5O2S. The molecular weight excluding hydrogens is 374 g/mol. The molecule has 2 atom stereocenters. The lowest BCUT2D eigenvalue weighted by Gasteiger charge is -2.27. The first-order valence-corrected chi connectivity index (χ1v) is 10.3. The first-order valence-electron chi connectivity index (χ1n) is 9.17. The minimum atomic E-state index is -1.24. The average Bonchev–Trinajstić information content (AvgIpc) is 3.03. The van der Waals surface area contributed by atoms with Crippen molar-refractivity contribution in [2.75, 3.05) is 0 Å². The van der Waals surface area contributed by atoms with Crippen molar-refractivity contribution in [2.24, 2.45) is 14.1 Å². The van der Waals surface area contributed by atoms with Crippen molar-refractivity contribution in [3.05, 3.63) is 46.0 Å². The maximum absolute atomic E-state index is 13.1. The van der Waals surface area contributed by atoms with E-state index in [1.54, 1.807) is 22.5 Å². The van der Waals surface area contributed by atoms with E-state index < -0.39 is 16.1 Å². The van der Waals surface area contributed by atoms with Gasteiger partial charge in [0, 0.05) is 37.2 Å². The van der Waals surface area contributed by atoms with Gasteiger partial charge in [0.2, 0.25) is 0 Å². The second kappa shape index (κ2) is 7.35. The van der Waals surface area contributed by atoms with Gasteiger partial charge in [-0.1, -0.05) is 6.07 Å². The van der Waals surface area contributed by atoms with Gasteiger partial charge in [-0.05, 0) is 46.2 Å². The summed E-state index contributed by atoms with van der Waals surface area (Å²) in [6.07, 6.45) is 3.52. The molecule has 1 unspecified atom stereocenters. The quantitative estimate of drug-likeness (QED) is 0.679. The van der Waals surface area contributed by atoms with Crippen LogP contribution < -0.4 is 10.3 Å². The Balaban J connectivity index is 2.20. The summed E-state index contributed by atoms with van der Waals surface area (Å²) < 4.78 is 18.6. The highest BCUT2D eigenvalue weighted by Gasteiger charge is 2.29. The van der Waals surface area contributed by atoms with E-state index in [0.29, 0.717) is 16.7 Å². The van der Waals surface area contributed by atoms with Crippen LogP contribution in [0.25, 0.3) is 22.3 Å². The van der Waals surface area contributed by atoms with Crippen LogP contribution in [0.15, 0.2) is 29.3 Å². The van der Waals surface area contributed by atoms with Gasteiger partial charge >= 0.3 is 0 Å². The van der Waals surface area contributed by atoms with Crippen molar-refractivity contribution in [2.45, 2.75) is 45.4 Å². The highest BCUT2D eigenvalue weighted by molar-refractivity contribution is 7.90. The van der Waals surface area contributed by atoms with Crippen molar-refractivity contribution in [1.29, 1.82) is 0 Å². The number of aromatic nitrogens is 4. The maximum Gasteiger partial charge on any atom is 0.261 e. The number of hydrogen-bond donors (Lipinski definition) is 1. The predicted molar refractivity (Wildman–Crippen MR) is 113 cm³/mol. The Hall–Kier alpha value is -2.16. The molecule has 7 nitrogen and oxygen atoms in total. The first-order chi connectivity index (χ1) is 13.0. The molecule has 0 aliphatic heterocycles. The minimum absolute atomic E-state index is 0.113. The Labute approximate surface area is 168 Å². The summed E-state index contributed by atoms with van der Waals surface area (Å²) in [6.45, 7) is 9.66. The second-order valence-corrected chi connectivity index (χ2v) is 10.2. The van der Waals surface area contributed by atoms with E-state index in [-0.39, 0.29) is 11.6 Å². The molecule has 0 radical (unpaired) electrons. The molecule has 0 fully saturated rings. The van der Waals surface area contributed by atoms with E-state index in [2.05, 4.69) is 9.82 Å². The second-order valence-electron chi connectivity index (χ2n) is 8.17. The van der Waals surface area contributed by atoms with Crippen LogP contribution in [0, 0.1) is 6.92 Å². The van der Waals surface area contributed by atoms with Crippen LogP contribution in [0.1, 0.15) is 44.9 Å². The molecule has 3 rings (SSSR count). The summed E-state index contributed by atoms with van der Waals surface area (Å²) in [6, 6.07) is 3.62. The first kappa shape index (κ1) is 20.6. The zero-order valence-corrected chi connectivity index (χ0v) is 18.2. The number of nitrogens with zero attached hydrogens (tertiary/aromatic N) is 4. The SMILES string of the molecule is Cc1cc(C(C)N[S@+]([O-])C(C)(C)C)c2nc(-c3cnn(C)c3)n(C)c(=O)c2c1. The molecule has 0 saturated carbocycles. The third-order valence-corrected chi connectivity index (χ3v) is 6.30. The van der Waals surface area contributed by atoms with Gasteiger partial charge in [-0.15, -0.1) is 4.72 Å². The molecule has 2 heterocycles. The van der Waals surface area contributed by atoms with Crippen molar-refractivity contribution in [1.82, 2.24) is 24.1 Å². The topological polar surface area (TPSA) is 87.8 Å². The normalized spacial score (nSPS) is 14.4. The maximum atomic E-state index is 13.1. The van der Waals surface area contributed by atoms with Gasteiger partial charge in [0.25, 0.3) is 5.56 Å². The summed E-state index contributed by atoms with van der Waals surface area (Å²) >= 11 is -1.24. The predicted octanol–water partition coefficient (Wildman–Crippen LogP) is 2.76. The van der Waals surface area contributed by atoms with E-state index in [9.17, 15) is 9.35 Å². The fraction of sp³-hybridized carbons (Fsp3) is 0.450. The van der Waals surface area contributed by atoms with Crippen LogP contribution in [0.2, 0.25) is 0 Å². The van der Waals surface area contributed by atoms with E-state index in [1.807, 2.05) is 60.0 Å². The molecule has 28 heavy (non-hydrogen) atoms. The Kier molecular flexibility index (Phi) is 5.40. The highest BCUT2D eigenvalue weighted by Crippen LogP contribution is 2.27. The fourth-order valence-electron chi connectivity index (χ4n) is 3.08. The van der Waals surface area contributed by atoms with Crippen molar-refractivity contribution in [3.63, 3.8) is 0 Å². The number of fused-ring (bicyclic) bond motifs is 1. The molecule has 0 spiro atoms. The van der Waals surface area contributed by atoms with Crippen LogP contribution in [-0.4, -0.2) is 28.6 Å². The Morgan fingerprint density at radius 1 is 1.25 bits per heavy atom. The summed E-state index contributed by atoms with van der Waals surface area (Å²) in [5.41, 5.74) is 3.10. The lowest BCUT2D eigenvalue weighted by Crippen LogP contribution is -2.40. The average molecular weight is 402 g/mol. The van der Waals surface area contributed by atoms with Gasteiger partial charge in [-0.25, -0.2) is 4.98 Å². The molecule has 1 N–H and O–H groups in total. The van der Waals surface area contributed by atoms with Crippen LogP contribution in [0.4, 0.5) is 0 Å². The standard InChI is InChI=1S/C20H27N5O2S/c1-12-8-15(13(2)23-28(27)20(3,4)5)17-16(9-12)19(26)25(7)18(22-17)14-10-21-24(6)11-14/h8-11,13,23H,1-7H3/t13?,28-/m1/s1. The monoisotopic (exact) mass is 401 g/mol. The Bertz CT molecular complexity index is 1080. The number of aryl methyl sites for hydroxylation is 2. The molecule has 8 heteroatoms. The Morgan fingerprint density at radius 2 is 1.93 bits per heavy atom. The minimum Gasteiger partial charge on any atom is -0.598 e. The lowest BCUT2D eigenvalue weighted by molar-refractivity contribution is 0.531. The third-order valence-electron chi connectivity index (χ3n) is 4.62. The molecule has 0 aliphatic carbocycles. The number of benzene rings is 1. The molecule has 2 aromatic heterocycles. The van der Waals surface area contributed by atoms with Crippen LogP contribution in [0.5, 0.6) is 0 Å². The van der Waals surface area contributed by atoms with Crippen molar-refractivity contribution < 1.29 is 4.55 Å². The zero-order chi connectivity index (χ0) is 20.8. The highest BCUT2D eigenvalue weighted by atomic mass is 32.2. The van der Waals surface area contributed by atoms with Gasteiger partial charge in [0.05, 0.1) is 28.7 Å². The smallest absolute Gasteiger partial charge is 0.261 e. The summed E-state index contributed by atoms with van der Waals surface area (Å²) in [7, 11) is 3.54. The number of rotatable bonds is 4. The van der Waals surface area contributed by atoms with E-state index in [1.165, 1.54) is 0 Å². The van der Waals surface area contributed by atoms with Gasteiger partial charge in [0.15, 0.2) is 0 Å². The molecule has 0 aliphatic rings. The van der Waals surface area contributed by atoms with E-state index in [4.69, 9.17) is 4.98 Å². The van der Waals surface area contributed by atoms with Crippen LogP contribution in [0.3, 0.4) is 0 Å². The third kappa shape index (κ3) is 3.85. The zero-order valence-electron chi connectivity index (χ0n) is 17.4. The van der Waals surface area contributed by atoms with Gasteiger partial charge < -0.3 is 4.55 Å².